The Morgan fingerprint density at radius 3 is 2.14 bits per heavy atom. The van der Waals surface area contributed by atoms with Crippen molar-refractivity contribution in [1.29, 1.82) is 0 Å². The normalized spacial score (nSPS) is 9.64. The zero-order valence-electron chi connectivity index (χ0n) is 7.33. The SMILES string of the molecule is CC(=C(Cl)Cl)c1ccc([N+](=O)[O-])cc1. The number of hydrogen-bond donors (Lipinski definition) is 0. The van der Waals surface area contributed by atoms with Gasteiger partial charge < -0.3 is 0 Å². The van der Waals surface area contributed by atoms with Gasteiger partial charge in [0.1, 0.15) is 4.49 Å². The molecule has 0 atom stereocenters. The number of non-ortho nitro benzene ring substituents is 1. The van der Waals surface area contributed by atoms with Crippen molar-refractivity contribution >= 4 is 34.5 Å². The number of allylic oxidation sites excluding steroid dienone is 1. The van der Waals surface area contributed by atoms with Crippen molar-refractivity contribution in [2.75, 3.05) is 0 Å². The van der Waals surface area contributed by atoms with Gasteiger partial charge in [0.25, 0.3) is 5.69 Å². The second kappa shape index (κ2) is 4.44. The highest BCUT2D eigenvalue weighted by molar-refractivity contribution is 6.58. The number of benzene rings is 1. The Labute approximate surface area is 91.1 Å². The summed E-state index contributed by atoms with van der Waals surface area (Å²) in [5.41, 5.74) is 1.52. The molecule has 0 aliphatic heterocycles. The zero-order chi connectivity index (χ0) is 10.7. The van der Waals surface area contributed by atoms with Gasteiger partial charge in [0.05, 0.1) is 4.92 Å². The minimum Gasteiger partial charge on any atom is -0.258 e. The maximum atomic E-state index is 10.4. The average Bonchev–Trinajstić information content (AvgIpc) is 2.16. The molecule has 0 saturated carbocycles. The maximum Gasteiger partial charge on any atom is 0.269 e. The third-order valence-electron chi connectivity index (χ3n) is 1.79. The Morgan fingerprint density at radius 2 is 1.79 bits per heavy atom. The van der Waals surface area contributed by atoms with Crippen LogP contribution in [0.15, 0.2) is 28.8 Å². The second-order valence-electron chi connectivity index (χ2n) is 2.69. The topological polar surface area (TPSA) is 43.1 Å². The first-order chi connectivity index (χ1) is 6.52. The van der Waals surface area contributed by atoms with Crippen LogP contribution in [0.5, 0.6) is 0 Å². The van der Waals surface area contributed by atoms with Crippen LogP contribution in [0, 0.1) is 10.1 Å². The van der Waals surface area contributed by atoms with E-state index < -0.39 is 4.92 Å². The van der Waals surface area contributed by atoms with Crippen LogP contribution in [0.1, 0.15) is 12.5 Å². The van der Waals surface area contributed by atoms with E-state index in [1.54, 1.807) is 19.1 Å². The van der Waals surface area contributed by atoms with E-state index >= 15 is 0 Å². The number of nitro groups is 1. The van der Waals surface area contributed by atoms with Gasteiger partial charge in [0.15, 0.2) is 0 Å². The highest BCUT2D eigenvalue weighted by Crippen LogP contribution is 2.24. The largest absolute Gasteiger partial charge is 0.269 e. The molecule has 0 fully saturated rings. The molecule has 0 heterocycles. The molecule has 14 heavy (non-hydrogen) atoms. The van der Waals surface area contributed by atoms with Crippen LogP contribution in [0.2, 0.25) is 0 Å². The Kier molecular flexibility index (Phi) is 3.49. The fourth-order valence-electron chi connectivity index (χ4n) is 0.942. The molecule has 3 nitrogen and oxygen atoms in total. The molecule has 1 aromatic carbocycles. The van der Waals surface area contributed by atoms with Crippen LogP contribution in [0.25, 0.3) is 5.57 Å². The molecule has 0 N–H and O–H groups in total. The molecule has 0 aliphatic carbocycles. The molecule has 74 valence electrons. The van der Waals surface area contributed by atoms with E-state index in [2.05, 4.69) is 0 Å². The standard InChI is InChI=1S/C9H7Cl2NO2/c1-6(9(10)11)7-2-4-8(5-3-7)12(13)14/h2-5H,1H3. The van der Waals surface area contributed by atoms with E-state index in [4.69, 9.17) is 23.2 Å². The van der Waals surface area contributed by atoms with E-state index in [0.29, 0.717) is 5.57 Å². The third kappa shape index (κ3) is 2.47. The van der Waals surface area contributed by atoms with Gasteiger partial charge in [0.2, 0.25) is 0 Å². The smallest absolute Gasteiger partial charge is 0.258 e. The van der Waals surface area contributed by atoms with Gasteiger partial charge >= 0.3 is 0 Å². The molecule has 1 aromatic rings. The summed E-state index contributed by atoms with van der Waals surface area (Å²) in [5, 5.41) is 10.4. The van der Waals surface area contributed by atoms with Crippen molar-refractivity contribution in [3.8, 4) is 0 Å². The van der Waals surface area contributed by atoms with Crippen LogP contribution in [0.4, 0.5) is 5.69 Å². The lowest BCUT2D eigenvalue weighted by atomic mass is 10.1. The van der Waals surface area contributed by atoms with E-state index in [1.807, 2.05) is 0 Å². The molecular weight excluding hydrogens is 225 g/mol. The average molecular weight is 232 g/mol. The molecule has 0 aliphatic rings. The number of hydrogen-bond acceptors (Lipinski definition) is 2. The van der Waals surface area contributed by atoms with Crippen LogP contribution < -0.4 is 0 Å². The highest BCUT2D eigenvalue weighted by Gasteiger charge is 2.05. The lowest BCUT2D eigenvalue weighted by Gasteiger charge is -2.00. The molecule has 5 heteroatoms. The van der Waals surface area contributed by atoms with Gasteiger partial charge in [0, 0.05) is 12.1 Å². The summed E-state index contributed by atoms with van der Waals surface area (Å²) in [4.78, 5) is 9.90. The summed E-state index contributed by atoms with van der Waals surface area (Å²) in [7, 11) is 0. The Bertz CT molecular complexity index is 380. The molecule has 0 bridgehead atoms. The van der Waals surface area contributed by atoms with Gasteiger partial charge in [-0.05, 0) is 30.2 Å². The maximum absolute atomic E-state index is 10.4. The fraction of sp³-hybridized carbons (Fsp3) is 0.111. The molecule has 0 saturated heterocycles. The molecule has 0 unspecified atom stereocenters. The fourth-order valence-corrected chi connectivity index (χ4v) is 1.16. The highest BCUT2D eigenvalue weighted by atomic mass is 35.5. The van der Waals surface area contributed by atoms with Crippen LogP contribution >= 0.6 is 23.2 Å². The Morgan fingerprint density at radius 1 is 1.29 bits per heavy atom. The second-order valence-corrected chi connectivity index (χ2v) is 3.64. The molecular formula is C9H7Cl2NO2. The van der Waals surface area contributed by atoms with Gasteiger partial charge in [-0.15, -0.1) is 0 Å². The zero-order valence-corrected chi connectivity index (χ0v) is 8.84. The van der Waals surface area contributed by atoms with Crippen molar-refractivity contribution < 1.29 is 4.92 Å². The van der Waals surface area contributed by atoms with E-state index in [9.17, 15) is 10.1 Å². The number of rotatable bonds is 2. The first kappa shape index (κ1) is 11.0. The Hall–Kier alpha value is -1.06. The minimum absolute atomic E-state index is 0.0484. The van der Waals surface area contributed by atoms with Gasteiger partial charge in [-0.2, -0.15) is 0 Å². The summed E-state index contributed by atoms with van der Waals surface area (Å²) in [6.07, 6.45) is 0. The van der Waals surface area contributed by atoms with E-state index in [-0.39, 0.29) is 10.2 Å². The summed E-state index contributed by atoms with van der Waals surface area (Å²) in [6.45, 7) is 1.75. The molecule has 0 spiro atoms. The quantitative estimate of drug-likeness (QED) is 0.575. The lowest BCUT2D eigenvalue weighted by molar-refractivity contribution is -0.384. The molecule has 0 amide bonds. The first-order valence-corrected chi connectivity index (χ1v) is 4.54. The molecule has 0 aromatic heterocycles. The van der Waals surface area contributed by atoms with Crippen LogP contribution in [0.3, 0.4) is 0 Å². The van der Waals surface area contributed by atoms with Crippen molar-refractivity contribution in [1.82, 2.24) is 0 Å². The molecule has 0 radical (unpaired) electrons. The predicted molar refractivity (Wildman–Crippen MR) is 57.4 cm³/mol. The number of halogens is 2. The summed E-state index contributed by atoms with van der Waals surface area (Å²) < 4.78 is 0.166. The monoisotopic (exact) mass is 231 g/mol. The Balaban J connectivity index is 3.06. The number of nitrogens with zero attached hydrogens (tertiary/aromatic N) is 1. The van der Waals surface area contributed by atoms with Crippen molar-refractivity contribution in [3.63, 3.8) is 0 Å². The van der Waals surface area contributed by atoms with Crippen molar-refractivity contribution in [2.45, 2.75) is 6.92 Å². The third-order valence-corrected chi connectivity index (χ3v) is 2.36. The van der Waals surface area contributed by atoms with Crippen molar-refractivity contribution in [2.24, 2.45) is 0 Å². The molecule has 1 rings (SSSR count). The first-order valence-electron chi connectivity index (χ1n) is 3.79. The van der Waals surface area contributed by atoms with Crippen LogP contribution in [-0.2, 0) is 0 Å². The predicted octanol–water partition coefficient (Wildman–Crippen LogP) is 3.76. The van der Waals surface area contributed by atoms with Gasteiger partial charge in [-0.1, -0.05) is 23.2 Å². The number of nitro benzene ring substituents is 1. The minimum atomic E-state index is -0.453. The summed E-state index contributed by atoms with van der Waals surface area (Å²) in [6, 6.07) is 6.04. The lowest BCUT2D eigenvalue weighted by Crippen LogP contribution is -1.88. The van der Waals surface area contributed by atoms with E-state index in [1.165, 1.54) is 12.1 Å². The van der Waals surface area contributed by atoms with Crippen molar-refractivity contribution in [3.05, 3.63) is 44.4 Å². The van der Waals surface area contributed by atoms with E-state index in [0.717, 1.165) is 5.56 Å². The van der Waals surface area contributed by atoms with Gasteiger partial charge in [-0.3, -0.25) is 10.1 Å². The summed E-state index contributed by atoms with van der Waals surface area (Å²) >= 11 is 11.2. The summed E-state index contributed by atoms with van der Waals surface area (Å²) in [5.74, 6) is 0. The van der Waals surface area contributed by atoms with Crippen LogP contribution in [-0.4, -0.2) is 4.92 Å². The van der Waals surface area contributed by atoms with Gasteiger partial charge in [-0.25, -0.2) is 0 Å².